The van der Waals surface area contributed by atoms with E-state index >= 15 is 0 Å². The van der Waals surface area contributed by atoms with Crippen LogP contribution in [0.4, 0.5) is 13.2 Å². The van der Waals surface area contributed by atoms with E-state index in [1.165, 1.54) is 0 Å². The Bertz CT molecular complexity index is 1490. The fourth-order valence-electron chi connectivity index (χ4n) is 6.85. The highest BCUT2D eigenvalue weighted by Gasteiger charge is 2.69. The van der Waals surface area contributed by atoms with Crippen molar-refractivity contribution in [3.8, 4) is 0 Å². The Morgan fingerprint density at radius 1 is 1.00 bits per heavy atom. The molecule has 3 aromatic heterocycles. The molecule has 2 unspecified atom stereocenters. The molecule has 5 fully saturated rings. The van der Waals surface area contributed by atoms with E-state index in [4.69, 9.17) is 19.7 Å². The summed E-state index contributed by atoms with van der Waals surface area (Å²) in [5, 5.41) is 0. The lowest BCUT2D eigenvalue weighted by Crippen LogP contribution is -2.42. The topological polar surface area (TPSA) is 82.8 Å². The van der Waals surface area contributed by atoms with Gasteiger partial charge in [0.2, 0.25) is 0 Å². The van der Waals surface area contributed by atoms with Crippen molar-refractivity contribution >= 4 is 11.2 Å². The van der Waals surface area contributed by atoms with Gasteiger partial charge in [0.1, 0.15) is 11.3 Å². The first-order valence-electron chi connectivity index (χ1n) is 13.5. The molecule has 0 amide bonds. The Balaban J connectivity index is 1.25. The minimum Gasteiger partial charge on any atom is -0.373 e. The molecule has 5 aliphatic rings. The summed E-state index contributed by atoms with van der Waals surface area (Å²) in [6.45, 7) is 4.24. The van der Waals surface area contributed by atoms with E-state index in [1.807, 2.05) is 26.1 Å². The van der Waals surface area contributed by atoms with Crippen molar-refractivity contribution in [1.82, 2.24) is 24.5 Å². The monoisotopic (exact) mass is 525 g/mol. The lowest BCUT2D eigenvalue weighted by atomic mass is 9.68. The molecule has 4 saturated carbocycles. The Morgan fingerprint density at radius 3 is 2.47 bits per heavy atom. The van der Waals surface area contributed by atoms with Crippen LogP contribution in [0.5, 0.6) is 0 Å². The molecule has 0 spiro atoms. The van der Waals surface area contributed by atoms with Crippen LogP contribution in [0.2, 0.25) is 0 Å². The average Bonchev–Trinajstić information content (AvgIpc) is 3.52. The van der Waals surface area contributed by atoms with Gasteiger partial charge in [-0.05, 0) is 76.3 Å². The lowest BCUT2D eigenvalue weighted by molar-refractivity contribution is -0.244. The van der Waals surface area contributed by atoms with Crippen molar-refractivity contribution < 1.29 is 17.9 Å². The van der Waals surface area contributed by atoms with Crippen LogP contribution in [0, 0.1) is 25.2 Å². The molecule has 4 aliphatic carbocycles. The minimum atomic E-state index is -4.20. The molecule has 3 aromatic rings. The van der Waals surface area contributed by atoms with Gasteiger partial charge >= 0.3 is 6.18 Å². The first kappa shape index (κ1) is 24.2. The van der Waals surface area contributed by atoms with Crippen LogP contribution < -0.4 is 5.56 Å². The van der Waals surface area contributed by atoms with Gasteiger partial charge in [-0.1, -0.05) is 0 Å². The van der Waals surface area contributed by atoms with Crippen molar-refractivity contribution in [3.05, 3.63) is 57.2 Å². The summed E-state index contributed by atoms with van der Waals surface area (Å²) < 4.78 is 49.6. The number of hydrogen-bond acceptors (Lipinski definition) is 6. The zero-order valence-corrected chi connectivity index (χ0v) is 21.5. The second-order valence-corrected chi connectivity index (χ2v) is 11.8. The molecule has 3 atom stereocenters. The van der Waals surface area contributed by atoms with E-state index in [2.05, 4.69) is 4.98 Å². The van der Waals surface area contributed by atoms with E-state index in [0.29, 0.717) is 42.1 Å². The van der Waals surface area contributed by atoms with Crippen LogP contribution >= 0.6 is 0 Å². The van der Waals surface area contributed by atoms with Crippen molar-refractivity contribution in [3.63, 3.8) is 0 Å². The first-order valence-corrected chi connectivity index (χ1v) is 13.5. The van der Waals surface area contributed by atoms with Gasteiger partial charge in [0.25, 0.3) is 5.56 Å². The smallest absolute Gasteiger partial charge is 0.373 e. The number of pyridine rings is 1. The molecule has 4 heterocycles. The Kier molecular flexibility index (Phi) is 5.29. The van der Waals surface area contributed by atoms with Gasteiger partial charge in [0, 0.05) is 36.7 Å². The Morgan fingerprint density at radius 2 is 1.76 bits per heavy atom. The standard InChI is InChI=1S/C28H30F3N5O2/c1-14-15(2)33-26-24(32-14)23(20-12-27(28(29,30)31)10-18(20)11-27)34-25(35-26)16-7-8-38-21(9-16)17-3-6-22(37)36(13-17)19-4-5-19/h3,6,13,16,18-21H,4-5,7-12H2,1-2H3/t16?,18?,20-,21?,27?/m1/s1. The van der Waals surface area contributed by atoms with Gasteiger partial charge in [-0.15, -0.1) is 0 Å². The van der Waals surface area contributed by atoms with Gasteiger partial charge in [-0.2, -0.15) is 13.2 Å². The second kappa shape index (κ2) is 8.31. The summed E-state index contributed by atoms with van der Waals surface area (Å²) in [4.78, 5) is 31.5. The first-order chi connectivity index (χ1) is 18.1. The zero-order valence-electron chi connectivity index (χ0n) is 21.5. The molecular formula is C28H30F3N5O2. The number of fused-ring (bicyclic) bond motifs is 2. The van der Waals surface area contributed by atoms with Gasteiger partial charge in [-0.3, -0.25) is 4.79 Å². The summed E-state index contributed by atoms with van der Waals surface area (Å²) >= 11 is 0. The normalized spacial score (nSPS) is 31.0. The predicted octanol–water partition coefficient (Wildman–Crippen LogP) is 5.61. The number of hydrogen-bond donors (Lipinski definition) is 0. The number of nitrogens with zero attached hydrogens (tertiary/aromatic N) is 5. The molecular weight excluding hydrogens is 495 g/mol. The van der Waals surface area contributed by atoms with Gasteiger partial charge in [-0.25, -0.2) is 19.9 Å². The van der Waals surface area contributed by atoms with Gasteiger partial charge < -0.3 is 9.30 Å². The number of ether oxygens (including phenoxy) is 1. The highest BCUT2D eigenvalue weighted by molar-refractivity contribution is 5.74. The molecule has 0 radical (unpaired) electrons. The summed E-state index contributed by atoms with van der Waals surface area (Å²) in [5.74, 6) is 0.237. The SMILES string of the molecule is Cc1nc2nc(C3CCOC(c4ccc(=O)n(C5CC5)c4)C3)nc([C@@H]3CC4(C(F)(F)F)CC3C4)c2nc1C. The van der Waals surface area contributed by atoms with E-state index < -0.39 is 11.6 Å². The molecule has 10 heteroatoms. The van der Waals surface area contributed by atoms with E-state index in [-0.39, 0.29) is 54.7 Å². The van der Waals surface area contributed by atoms with Gasteiger partial charge in [0.15, 0.2) is 5.65 Å². The molecule has 38 heavy (non-hydrogen) atoms. The van der Waals surface area contributed by atoms with Crippen LogP contribution in [0.1, 0.15) is 97.4 Å². The number of rotatable bonds is 4. The van der Waals surface area contributed by atoms with Crippen LogP contribution in [0.25, 0.3) is 11.2 Å². The second-order valence-electron chi connectivity index (χ2n) is 11.8. The van der Waals surface area contributed by atoms with Crippen molar-refractivity contribution in [2.45, 2.75) is 89.0 Å². The summed E-state index contributed by atoms with van der Waals surface area (Å²) in [7, 11) is 0. The predicted molar refractivity (Wildman–Crippen MR) is 133 cm³/mol. The molecule has 1 aliphatic heterocycles. The van der Waals surface area contributed by atoms with Crippen molar-refractivity contribution in [2.75, 3.05) is 6.61 Å². The van der Waals surface area contributed by atoms with Crippen LogP contribution in [0.15, 0.2) is 23.1 Å². The Labute approximate surface area is 217 Å². The number of aromatic nitrogens is 5. The maximum Gasteiger partial charge on any atom is 0.394 e. The third kappa shape index (κ3) is 3.78. The van der Waals surface area contributed by atoms with E-state index in [1.54, 1.807) is 10.6 Å². The molecule has 8 rings (SSSR count). The summed E-state index contributed by atoms with van der Waals surface area (Å²) in [6.07, 6.45) is 1.27. The number of halogens is 3. The average molecular weight is 526 g/mol. The van der Waals surface area contributed by atoms with Gasteiger partial charge in [0.05, 0.1) is 28.6 Å². The maximum absolute atomic E-state index is 13.9. The molecule has 0 N–H and O–H groups in total. The minimum absolute atomic E-state index is 0.00178. The van der Waals surface area contributed by atoms with E-state index in [9.17, 15) is 18.0 Å². The lowest BCUT2D eigenvalue weighted by Gasteiger charge is -2.39. The van der Waals surface area contributed by atoms with Crippen molar-refractivity contribution in [2.24, 2.45) is 11.3 Å². The molecule has 1 saturated heterocycles. The van der Waals surface area contributed by atoms with Crippen LogP contribution in [-0.2, 0) is 4.74 Å². The summed E-state index contributed by atoms with van der Waals surface area (Å²) in [5.41, 5.74) is 2.47. The highest BCUT2D eigenvalue weighted by Crippen LogP contribution is 2.70. The maximum atomic E-state index is 13.9. The van der Waals surface area contributed by atoms with Crippen LogP contribution in [0.3, 0.4) is 0 Å². The third-order valence-corrected chi connectivity index (χ3v) is 9.35. The molecule has 200 valence electrons. The zero-order chi connectivity index (χ0) is 26.4. The van der Waals surface area contributed by atoms with Crippen molar-refractivity contribution in [1.29, 1.82) is 0 Å². The molecule has 0 aromatic carbocycles. The quantitative estimate of drug-likeness (QED) is 0.440. The fourth-order valence-corrected chi connectivity index (χ4v) is 6.85. The largest absolute Gasteiger partial charge is 0.394 e. The fraction of sp³-hybridized carbons (Fsp3) is 0.607. The van der Waals surface area contributed by atoms with Crippen LogP contribution in [-0.4, -0.2) is 37.3 Å². The Hall–Kier alpha value is -2.88. The third-order valence-electron chi connectivity index (χ3n) is 9.35. The molecule has 2 bridgehead atoms. The number of aryl methyl sites for hydroxylation is 2. The summed E-state index contributed by atoms with van der Waals surface area (Å²) in [6, 6.07) is 3.71. The number of alkyl halides is 3. The highest BCUT2D eigenvalue weighted by atomic mass is 19.4. The van der Waals surface area contributed by atoms with E-state index in [0.717, 1.165) is 29.8 Å². The molecule has 7 nitrogen and oxygen atoms in total.